The van der Waals surface area contributed by atoms with Crippen LogP contribution in [0.4, 0.5) is 0 Å². The van der Waals surface area contributed by atoms with Crippen molar-refractivity contribution in [2.75, 3.05) is 12.8 Å². The summed E-state index contributed by atoms with van der Waals surface area (Å²) in [6.07, 6.45) is 3.33. The fourth-order valence-electron chi connectivity index (χ4n) is 0.963. The lowest BCUT2D eigenvalue weighted by Crippen LogP contribution is -2.36. The fourth-order valence-corrected chi connectivity index (χ4v) is 1.52. The molecule has 1 heterocycles. The van der Waals surface area contributed by atoms with Crippen molar-refractivity contribution in [3.63, 3.8) is 0 Å². The van der Waals surface area contributed by atoms with Crippen LogP contribution in [0.5, 0.6) is 0 Å². The highest BCUT2D eigenvalue weighted by Gasteiger charge is 2.13. The number of thioether (sulfide) groups is 1. The Hall–Kier alpha value is -1.40. The van der Waals surface area contributed by atoms with Gasteiger partial charge in [0.05, 0.1) is 6.54 Å². The molecule has 0 saturated heterocycles. The molecule has 0 atom stereocenters. The monoisotopic (exact) mass is 225 g/mol. The molecule has 0 aliphatic rings. The van der Waals surface area contributed by atoms with Gasteiger partial charge >= 0.3 is 0 Å². The third kappa shape index (κ3) is 3.03. The molecular formula is C9H11N3O2S. The molecule has 0 radical (unpaired) electrons. The SMILES string of the molecule is CSc1cccnc1C(=O)NC(=O)CN. The summed E-state index contributed by atoms with van der Waals surface area (Å²) >= 11 is 1.39. The molecule has 0 unspecified atom stereocenters. The Labute approximate surface area is 91.4 Å². The van der Waals surface area contributed by atoms with Crippen LogP contribution < -0.4 is 11.1 Å². The van der Waals surface area contributed by atoms with Crippen LogP contribution in [0, 0.1) is 0 Å². The third-order valence-electron chi connectivity index (χ3n) is 1.64. The van der Waals surface area contributed by atoms with Crippen LogP contribution in [-0.2, 0) is 4.79 Å². The Morgan fingerprint density at radius 1 is 1.60 bits per heavy atom. The minimum atomic E-state index is -0.518. The van der Waals surface area contributed by atoms with E-state index in [0.717, 1.165) is 4.90 Å². The number of nitrogens with two attached hydrogens (primary N) is 1. The van der Waals surface area contributed by atoms with E-state index in [1.54, 1.807) is 12.1 Å². The molecule has 0 aromatic carbocycles. The number of pyridine rings is 1. The first kappa shape index (κ1) is 11.7. The molecule has 0 aliphatic heterocycles. The summed E-state index contributed by atoms with van der Waals surface area (Å²) in [4.78, 5) is 27.1. The maximum Gasteiger partial charge on any atom is 0.277 e. The summed E-state index contributed by atoms with van der Waals surface area (Å²) in [6.45, 7) is -0.215. The standard InChI is InChI=1S/C9H11N3O2S/c1-15-6-3-2-4-11-8(6)9(14)12-7(13)5-10/h2-4H,5,10H2,1H3,(H,12,13,14). The van der Waals surface area contributed by atoms with Crippen molar-refractivity contribution in [1.82, 2.24) is 10.3 Å². The molecule has 15 heavy (non-hydrogen) atoms. The molecule has 0 spiro atoms. The van der Waals surface area contributed by atoms with Crippen LogP contribution in [-0.4, -0.2) is 29.6 Å². The van der Waals surface area contributed by atoms with Gasteiger partial charge in [-0.3, -0.25) is 14.9 Å². The number of imide groups is 1. The van der Waals surface area contributed by atoms with Crippen LogP contribution in [0.3, 0.4) is 0 Å². The minimum absolute atomic E-state index is 0.215. The van der Waals surface area contributed by atoms with E-state index in [0.29, 0.717) is 0 Å². The van der Waals surface area contributed by atoms with Gasteiger partial charge in [0.25, 0.3) is 5.91 Å². The van der Waals surface area contributed by atoms with Crippen molar-refractivity contribution < 1.29 is 9.59 Å². The van der Waals surface area contributed by atoms with Crippen LogP contribution >= 0.6 is 11.8 Å². The zero-order valence-electron chi connectivity index (χ0n) is 8.19. The van der Waals surface area contributed by atoms with Gasteiger partial charge in [0.15, 0.2) is 0 Å². The van der Waals surface area contributed by atoms with E-state index in [4.69, 9.17) is 5.73 Å². The first-order valence-electron chi connectivity index (χ1n) is 4.22. The van der Waals surface area contributed by atoms with Crippen LogP contribution in [0.15, 0.2) is 23.2 Å². The molecule has 80 valence electrons. The molecule has 5 nitrogen and oxygen atoms in total. The molecule has 0 saturated carbocycles. The van der Waals surface area contributed by atoms with E-state index in [2.05, 4.69) is 10.3 Å². The zero-order valence-corrected chi connectivity index (χ0v) is 9.00. The van der Waals surface area contributed by atoms with Crippen LogP contribution in [0.25, 0.3) is 0 Å². The molecule has 0 bridgehead atoms. The first-order chi connectivity index (χ1) is 7.19. The molecule has 0 aliphatic carbocycles. The smallest absolute Gasteiger partial charge is 0.277 e. The van der Waals surface area contributed by atoms with Crippen molar-refractivity contribution in [2.24, 2.45) is 5.73 Å². The number of aromatic nitrogens is 1. The van der Waals surface area contributed by atoms with Crippen molar-refractivity contribution in [1.29, 1.82) is 0 Å². The average molecular weight is 225 g/mol. The van der Waals surface area contributed by atoms with E-state index < -0.39 is 11.8 Å². The molecule has 0 fully saturated rings. The Bertz CT molecular complexity index is 381. The van der Waals surface area contributed by atoms with E-state index in [1.165, 1.54) is 18.0 Å². The molecule has 1 aromatic rings. The second kappa shape index (κ2) is 5.47. The van der Waals surface area contributed by atoms with Gasteiger partial charge in [-0.2, -0.15) is 0 Å². The fraction of sp³-hybridized carbons (Fsp3) is 0.222. The van der Waals surface area contributed by atoms with Gasteiger partial charge in [-0.05, 0) is 18.4 Å². The number of carbonyl (C=O) groups is 2. The largest absolute Gasteiger partial charge is 0.322 e. The molecule has 2 amide bonds. The maximum absolute atomic E-state index is 11.5. The van der Waals surface area contributed by atoms with E-state index in [1.807, 2.05) is 6.26 Å². The lowest BCUT2D eigenvalue weighted by Gasteiger charge is -2.05. The Kier molecular flexibility index (Phi) is 4.26. The molecular weight excluding hydrogens is 214 g/mol. The number of amides is 2. The lowest BCUT2D eigenvalue weighted by molar-refractivity contribution is -0.118. The van der Waals surface area contributed by atoms with Gasteiger partial charge in [-0.25, -0.2) is 4.98 Å². The lowest BCUT2D eigenvalue weighted by atomic mass is 10.3. The highest BCUT2D eigenvalue weighted by Crippen LogP contribution is 2.17. The Morgan fingerprint density at radius 3 is 2.93 bits per heavy atom. The van der Waals surface area contributed by atoms with Crippen molar-refractivity contribution in [3.8, 4) is 0 Å². The van der Waals surface area contributed by atoms with Gasteiger partial charge in [0, 0.05) is 11.1 Å². The number of carbonyl (C=O) groups excluding carboxylic acids is 2. The van der Waals surface area contributed by atoms with Crippen LogP contribution in [0.1, 0.15) is 10.5 Å². The van der Waals surface area contributed by atoms with Gasteiger partial charge < -0.3 is 5.73 Å². The summed E-state index contributed by atoms with van der Waals surface area (Å²) < 4.78 is 0. The van der Waals surface area contributed by atoms with Gasteiger partial charge in [-0.1, -0.05) is 0 Å². The summed E-state index contributed by atoms with van der Waals surface area (Å²) in [6, 6.07) is 3.49. The maximum atomic E-state index is 11.5. The number of rotatable bonds is 3. The van der Waals surface area contributed by atoms with Gasteiger partial charge in [-0.15, -0.1) is 11.8 Å². The van der Waals surface area contributed by atoms with Crippen molar-refractivity contribution >= 4 is 23.6 Å². The number of hydrogen-bond acceptors (Lipinski definition) is 5. The molecule has 3 N–H and O–H groups in total. The number of nitrogens with one attached hydrogen (secondary N) is 1. The van der Waals surface area contributed by atoms with Gasteiger partial charge in [0.2, 0.25) is 5.91 Å². The molecule has 1 aromatic heterocycles. The molecule has 1 rings (SSSR count). The van der Waals surface area contributed by atoms with Crippen molar-refractivity contribution in [2.45, 2.75) is 4.90 Å². The van der Waals surface area contributed by atoms with E-state index in [9.17, 15) is 9.59 Å². The van der Waals surface area contributed by atoms with Gasteiger partial charge in [0.1, 0.15) is 5.69 Å². The van der Waals surface area contributed by atoms with E-state index in [-0.39, 0.29) is 12.2 Å². The third-order valence-corrected chi connectivity index (χ3v) is 2.41. The summed E-state index contributed by atoms with van der Waals surface area (Å²) in [5.41, 5.74) is 5.32. The predicted molar refractivity (Wildman–Crippen MR) is 57.5 cm³/mol. The Balaban J connectivity index is 2.86. The van der Waals surface area contributed by atoms with E-state index >= 15 is 0 Å². The number of hydrogen-bond donors (Lipinski definition) is 2. The highest BCUT2D eigenvalue weighted by molar-refractivity contribution is 7.98. The predicted octanol–water partition coefficient (Wildman–Crippen LogP) is 0.0186. The molecule has 6 heteroatoms. The zero-order chi connectivity index (χ0) is 11.3. The normalized spacial score (nSPS) is 9.73. The first-order valence-corrected chi connectivity index (χ1v) is 5.44. The topological polar surface area (TPSA) is 85.1 Å². The number of nitrogens with zero attached hydrogens (tertiary/aromatic N) is 1. The second-order valence-corrected chi connectivity index (χ2v) is 3.48. The minimum Gasteiger partial charge on any atom is -0.322 e. The summed E-state index contributed by atoms with van der Waals surface area (Å²) in [7, 11) is 0. The average Bonchev–Trinajstić information content (AvgIpc) is 2.28. The summed E-state index contributed by atoms with van der Waals surface area (Å²) in [5.74, 6) is -1.03. The second-order valence-electron chi connectivity index (χ2n) is 2.64. The highest BCUT2D eigenvalue weighted by atomic mass is 32.2. The summed E-state index contributed by atoms with van der Waals surface area (Å²) in [5, 5.41) is 2.14. The Morgan fingerprint density at radius 2 is 2.33 bits per heavy atom. The van der Waals surface area contributed by atoms with Crippen LogP contribution in [0.2, 0.25) is 0 Å². The van der Waals surface area contributed by atoms with Crippen molar-refractivity contribution in [3.05, 3.63) is 24.0 Å². The quantitative estimate of drug-likeness (QED) is 0.708.